The van der Waals surface area contributed by atoms with Gasteiger partial charge in [0, 0.05) is 6.04 Å². The zero-order chi connectivity index (χ0) is 15.7. The summed E-state index contributed by atoms with van der Waals surface area (Å²) in [6.07, 6.45) is 2.49. The van der Waals surface area contributed by atoms with Gasteiger partial charge in [-0.3, -0.25) is 4.79 Å². The van der Waals surface area contributed by atoms with Crippen LogP contribution in [0.2, 0.25) is 10.0 Å². The molecular weight excluding hydrogens is 323 g/mol. The number of aryl methyl sites for hydroxylation is 1. The molecule has 0 radical (unpaired) electrons. The van der Waals surface area contributed by atoms with Crippen molar-refractivity contribution in [3.05, 3.63) is 45.5 Å². The van der Waals surface area contributed by atoms with Gasteiger partial charge in [-0.05, 0) is 31.4 Å². The van der Waals surface area contributed by atoms with Crippen LogP contribution in [-0.2, 0) is 17.8 Å². The summed E-state index contributed by atoms with van der Waals surface area (Å²) >= 11 is 12.0. The van der Waals surface area contributed by atoms with Gasteiger partial charge in [0.2, 0.25) is 5.91 Å². The fourth-order valence-corrected chi connectivity index (χ4v) is 2.83. The summed E-state index contributed by atoms with van der Waals surface area (Å²) in [4.78, 5) is 12.1. The van der Waals surface area contributed by atoms with Crippen LogP contribution in [0.3, 0.4) is 0 Å². The zero-order valence-corrected chi connectivity index (χ0v) is 13.7. The quantitative estimate of drug-likeness (QED) is 0.911. The van der Waals surface area contributed by atoms with E-state index in [0.29, 0.717) is 28.2 Å². The Bertz CT molecular complexity index is 710. The molecule has 1 N–H and O–H groups in total. The number of rotatable bonds is 5. The van der Waals surface area contributed by atoms with Crippen molar-refractivity contribution in [2.75, 3.05) is 0 Å². The van der Waals surface area contributed by atoms with Gasteiger partial charge in [0.05, 0.1) is 23.0 Å². The minimum Gasteiger partial charge on any atom is -0.349 e. The van der Waals surface area contributed by atoms with Crippen LogP contribution in [0.4, 0.5) is 0 Å². The van der Waals surface area contributed by atoms with Crippen molar-refractivity contribution in [1.82, 2.24) is 20.1 Å². The SMILES string of the molecule is Cc1nnc(CNC(=O)Cc2cccc(Cl)c2Cl)n1C1CC1. The first kappa shape index (κ1) is 15.3. The second-order valence-electron chi connectivity index (χ2n) is 5.43. The molecule has 0 bridgehead atoms. The van der Waals surface area contributed by atoms with Crippen LogP contribution in [0.5, 0.6) is 0 Å². The molecule has 0 unspecified atom stereocenters. The molecule has 2 aromatic rings. The first-order valence-electron chi connectivity index (χ1n) is 7.16. The van der Waals surface area contributed by atoms with E-state index in [1.165, 1.54) is 0 Å². The fraction of sp³-hybridized carbons (Fsp3) is 0.400. The number of nitrogens with zero attached hydrogens (tertiary/aromatic N) is 3. The van der Waals surface area contributed by atoms with Crippen LogP contribution in [0, 0.1) is 6.92 Å². The van der Waals surface area contributed by atoms with Gasteiger partial charge in [-0.25, -0.2) is 0 Å². The number of benzene rings is 1. The molecule has 0 spiro atoms. The fourth-order valence-electron chi connectivity index (χ4n) is 2.44. The smallest absolute Gasteiger partial charge is 0.224 e. The van der Waals surface area contributed by atoms with Gasteiger partial charge in [-0.2, -0.15) is 0 Å². The molecular formula is C15H16Cl2N4O. The predicted octanol–water partition coefficient (Wildman–Crippen LogP) is 3.09. The molecule has 3 rings (SSSR count). The number of halogens is 2. The number of hydrogen-bond acceptors (Lipinski definition) is 3. The van der Waals surface area contributed by atoms with Crippen molar-refractivity contribution in [2.24, 2.45) is 0 Å². The molecule has 1 heterocycles. The number of amides is 1. The monoisotopic (exact) mass is 338 g/mol. The minimum absolute atomic E-state index is 0.118. The normalized spacial score (nSPS) is 14.1. The maximum atomic E-state index is 12.1. The summed E-state index contributed by atoms with van der Waals surface area (Å²) in [6.45, 7) is 2.30. The molecule has 0 saturated heterocycles. The lowest BCUT2D eigenvalue weighted by Crippen LogP contribution is -2.26. The Morgan fingerprint density at radius 3 is 2.86 bits per heavy atom. The summed E-state index contributed by atoms with van der Waals surface area (Å²) < 4.78 is 2.10. The van der Waals surface area contributed by atoms with Gasteiger partial charge in [0.15, 0.2) is 5.82 Å². The minimum atomic E-state index is -0.118. The Balaban J connectivity index is 1.62. The van der Waals surface area contributed by atoms with Crippen LogP contribution in [0.15, 0.2) is 18.2 Å². The van der Waals surface area contributed by atoms with E-state index in [-0.39, 0.29) is 12.3 Å². The van der Waals surface area contributed by atoms with Gasteiger partial charge in [-0.1, -0.05) is 35.3 Å². The van der Waals surface area contributed by atoms with Crippen molar-refractivity contribution in [1.29, 1.82) is 0 Å². The van der Waals surface area contributed by atoms with E-state index >= 15 is 0 Å². The molecule has 5 nitrogen and oxygen atoms in total. The first-order chi connectivity index (χ1) is 10.6. The first-order valence-corrected chi connectivity index (χ1v) is 7.92. The third kappa shape index (κ3) is 3.25. The number of carbonyl (C=O) groups is 1. The average molecular weight is 339 g/mol. The van der Waals surface area contributed by atoms with Gasteiger partial charge < -0.3 is 9.88 Å². The molecule has 1 aliphatic rings. The topological polar surface area (TPSA) is 59.8 Å². The Morgan fingerprint density at radius 2 is 2.14 bits per heavy atom. The second-order valence-corrected chi connectivity index (χ2v) is 6.22. The largest absolute Gasteiger partial charge is 0.349 e. The number of aromatic nitrogens is 3. The lowest BCUT2D eigenvalue weighted by molar-refractivity contribution is -0.120. The third-order valence-electron chi connectivity index (χ3n) is 3.68. The van der Waals surface area contributed by atoms with Crippen LogP contribution >= 0.6 is 23.2 Å². The number of carbonyl (C=O) groups excluding carboxylic acids is 1. The van der Waals surface area contributed by atoms with Crippen molar-refractivity contribution in [2.45, 2.75) is 38.8 Å². The lowest BCUT2D eigenvalue weighted by atomic mass is 10.1. The highest BCUT2D eigenvalue weighted by Gasteiger charge is 2.28. The molecule has 22 heavy (non-hydrogen) atoms. The van der Waals surface area contributed by atoms with Gasteiger partial charge in [0.1, 0.15) is 5.82 Å². The molecule has 7 heteroatoms. The lowest BCUT2D eigenvalue weighted by Gasteiger charge is -2.09. The summed E-state index contributed by atoms with van der Waals surface area (Å²) in [7, 11) is 0. The molecule has 1 fully saturated rings. The summed E-state index contributed by atoms with van der Waals surface area (Å²) in [5, 5.41) is 12.0. The maximum Gasteiger partial charge on any atom is 0.224 e. The molecule has 1 aliphatic carbocycles. The highest BCUT2D eigenvalue weighted by Crippen LogP contribution is 2.36. The molecule has 1 amide bonds. The van der Waals surface area contributed by atoms with Crippen molar-refractivity contribution in [3.8, 4) is 0 Å². The van der Waals surface area contributed by atoms with Crippen LogP contribution < -0.4 is 5.32 Å². The zero-order valence-electron chi connectivity index (χ0n) is 12.1. The van der Waals surface area contributed by atoms with Crippen molar-refractivity contribution in [3.63, 3.8) is 0 Å². The van der Waals surface area contributed by atoms with E-state index in [1.54, 1.807) is 18.2 Å². The Morgan fingerprint density at radius 1 is 1.36 bits per heavy atom. The standard InChI is InChI=1S/C15H16Cl2N4O/c1-9-19-20-13(21(9)11-5-6-11)8-18-14(22)7-10-3-2-4-12(16)15(10)17/h2-4,11H,5-8H2,1H3,(H,18,22). The van der Waals surface area contributed by atoms with E-state index in [2.05, 4.69) is 20.1 Å². The van der Waals surface area contributed by atoms with Gasteiger partial charge in [0.25, 0.3) is 0 Å². The van der Waals surface area contributed by atoms with Crippen LogP contribution in [-0.4, -0.2) is 20.7 Å². The Hall–Kier alpha value is -1.59. The van der Waals surface area contributed by atoms with Crippen molar-refractivity contribution >= 4 is 29.1 Å². The average Bonchev–Trinajstić information content (AvgIpc) is 3.25. The number of nitrogens with one attached hydrogen (secondary N) is 1. The van der Waals surface area contributed by atoms with E-state index in [1.807, 2.05) is 6.92 Å². The molecule has 116 valence electrons. The molecule has 1 aromatic heterocycles. The molecule has 1 aromatic carbocycles. The van der Waals surface area contributed by atoms with Crippen LogP contribution in [0.1, 0.15) is 36.1 Å². The Labute approximate surface area is 138 Å². The molecule has 1 saturated carbocycles. The highest BCUT2D eigenvalue weighted by molar-refractivity contribution is 6.42. The van der Waals surface area contributed by atoms with E-state index in [4.69, 9.17) is 23.2 Å². The van der Waals surface area contributed by atoms with E-state index in [0.717, 1.165) is 24.5 Å². The second kappa shape index (κ2) is 6.26. The summed E-state index contributed by atoms with van der Waals surface area (Å²) in [6, 6.07) is 5.77. The number of hydrogen-bond donors (Lipinski definition) is 1. The molecule has 0 atom stereocenters. The maximum absolute atomic E-state index is 12.1. The van der Waals surface area contributed by atoms with E-state index in [9.17, 15) is 4.79 Å². The Kier molecular flexibility index (Phi) is 4.36. The van der Waals surface area contributed by atoms with Gasteiger partial charge >= 0.3 is 0 Å². The third-order valence-corrected chi connectivity index (χ3v) is 4.53. The summed E-state index contributed by atoms with van der Waals surface area (Å²) in [5.41, 5.74) is 0.714. The van der Waals surface area contributed by atoms with Crippen LogP contribution in [0.25, 0.3) is 0 Å². The highest BCUT2D eigenvalue weighted by atomic mass is 35.5. The predicted molar refractivity (Wildman–Crippen MR) is 85.0 cm³/mol. The van der Waals surface area contributed by atoms with Crippen molar-refractivity contribution < 1.29 is 4.79 Å². The van der Waals surface area contributed by atoms with E-state index < -0.39 is 0 Å². The summed E-state index contributed by atoms with van der Waals surface area (Å²) in [5.74, 6) is 1.57. The molecule has 0 aliphatic heterocycles. The van der Waals surface area contributed by atoms with Gasteiger partial charge in [-0.15, -0.1) is 10.2 Å².